The minimum Gasteiger partial charge on any atom is -0.394 e. The van der Waals surface area contributed by atoms with Gasteiger partial charge in [-0.1, -0.05) is 0 Å². The number of nitriles is 1. The van der Waals surface area contributed by atoms with Crippen LogP contribution in [0.25, 0.3) is 0 Å². The average molecular weight is 235 g/mol. The summed E-state index contributed by atoms with van der Waals surface area (Å²) in [5.41, 5.74) is 0.472. The summed E-state index contributed by atoms with van der Waals surface area (Å²) in [6.07, 6.45) is 0. The van der Waals surface area contributed by atoms with Gasteiger partial charge >= 0.3 is 0 Å². The van der Waals surface area contributed by atoms with Crippen LogP contribution in [0.4, 0.5) is 11.4 Å². The van der Waals surface area contributed by atoms with Gasteiger partial charge < -0.3 is 10.0 Å². The van der Waals surface area contributed by atoms with Gasteiger partial charge in [-0.15, -0.1) is 0 Å². The van der Waals surface area contributed by atoms with Crippen LogP contribution in [0.5, 0.6) is 0 Å². The molecule has 1 unspecified atom stereocenters. The van der Waals surface area contributed by atoms with Crippen molar-refractivity contribution < 1.29 is 10.0 Å². The lowest BCUT2D eigenvalue weighted by molar-refractivity contribution is -0.385. The molecule has 1 atom stereocenters. The van der Waals surface area contributed by atoms with Gasteiger partial charge in [-0.3, -0.25) is 10.1 Å². The molecule has 0 fully saturated rings. The van der Waals surface area contributed by atoms with Crippen molar-refractivity contribution in [3.63, 3.8) is 0 Å². The number of nitro benzene ring substituents is 1. The fraction of sp³-hybridized carbons (Fsp3) is 0.364. The Hall–Kier alpha value is -2.13. The SMILES string of the molecule is CC(CO)N(C)c1ccc([N+](=O)[O-])c(C#N)c1. The topological polar surface area (TPSA) is 90.4 Å². The van der Waals surface area contributed by atoms with Crippen LogP contribution in [0.2, 0.25) is 0 Å². The van der Waals surface area contributed by atoms with Gasteiger partial charge in [-0.25, -0.2) is 0 Å². The smallest absolute Gasteiger partial charge is 0.287 e. The molecule has 90 valence electrons. The normalized spacial score (nSPS) is 11.6. The zero-order chi connectivity index (χ0) is 13.0. The number of benzene rings is 1. The molecule has 6 nitrogen and oxygen atoms in total. The minimum absolute atomic E-state index is 0.0180. The molecule has 0 aliphatic heterocycles. The summed E-state index contributed by atoms with van der Waals surface area (Å²) in [4.78, 5) is 11.8. The fourth-order valence-corrected chi connectivity index (χ4v) is 1.37. The number of anilines is 1. The Morgan fingerprint density at radius 1 is 1.65 bits per heavy atom. The second-order valence-corrected chi connectivity index (χ2v) is 3.71. The number of aliphatic hydroxyl groups excluding tert-OH is 1. The van der Waals surface area contributed by atoms with Crippen LogP contribution in [0.1, 0.15) is 12.5 Å². The molecule has 0 saturated carbocycles. The third-order valence-corrected chi connectivity index (χ3v) is 2.63. The maximum atomic E-state index is 10.7. The molecular formula is C11H13N3O3. The Morgan fingerprint density at radius 3 is 2.76 bits per heavy atom. The molecule has 0 spiro atoms. The summed E-state index contributed by atoms with van der Waals surface area (Å²) in [5, 5.41) is 28.5. The predicted molar refractivity (Wildman–Crippen MR) is 62.8 cm³/mol. The quantitative estimate of drug-likeness (QED) is 0.627. The van der Waals surface area contributed by atoms with E-state index in [9.17, 15) is 10.1 Å². The maximum absolute atomic E-state index is 10.7. The second kappa shape index (κ2) is 5.27. The van der Waals surface area contributed by atoms with E-state index in [1.165, 1.54) is 12.1 Å². The van der Waals surface area contributed by atoms with Gasteiger partial charge in [0, 0.05) is 24.8 Å². The molecule has 6 heteroatoms. The average Bonchev–Trinajstić information content (AvgIpc) is 2.35. The molecule has 0 heterocycles. The highest BCUT2D eigenvalue weighted by Crippen LogP contribution is 2.24. The second-order valence-electron chi connectivity index (χ2n) is 3.71. The summed E-state index contributed by atoms with van der Waals surface area (Å²) in [6.45, 7) is 1.78. The molecule has 0 aliphatic carbocycles. The van der Waals surface area contributed by atoms with E-state index in [0.29, 0.717) is 5.69 Å². The van der Waals surface area contributed by atoms with Gasteiger partial charge in [0.15, 0.2) is 0 Å². The lowest BCUT2D eigenvalue weighted by atomic mass is 10.1. The molecule has 1 rings (SSSR count). The van der Waals surface area contributed by atoms with Crippen molar-refractivity contribution in [2.24, 2.45) is 0 Å². The summed E-state index contributed by atoms with van der Waals surface area (Å²) in [5.74, 6) is 0. The Morgan fingerprint density at radius 2 is 2.29 bits per heavy atom. The summed E-state index contributed by atoms with van der Waals surface area (Å²) in [7, 11) is 1.75. The van der Waals surface area contributed by atoms with Crippen molar-refractivity contribution in [2.45, 2.75) is 13.0 Å². The van der Waals surface area contributed by atoms with Crippen LogP contribution >= 0.6 is 0 Å². The number of hydrogen-bond donors (Lipinski definition) is 1. The van der Waals surface area contributed by atoms with E-state index in [1.807, 2.05) is 6.92 Å². The molecule has 1 aromatic carbocycles. The van der Waals surface area contributed by atoms with Gasteiger partial charge in [-0.05, 0) is 19.1 Å². The largest absolute Gasteiger partial charge is 0.394 e. The number of likely N-dealkylation sites (N-methyl/N-ethyl adjacent to an activating group) is 1. The van der Waals surface area contributed by atoms with E-state index >= 15 is 0 Å². The van der Waals surface area contributed by atoms with E-state index in [2.05, 4.69) is 0 Å². The van der Waals surface area contributed by atoms with Crippen LogP contribution in [0, 0.1) is 21.4 Å². The van der Waals surface area contributed by atoms with Gasteiger partial charge in [0.2, 0.25) is 0 Å². The third-order valence-electron chi connectivity index (χ3n) is 2.63. The molecular weight excluding hydrogens is 222 g/mol. The molecule has 0 amide bonds. The lowest BCUT2D eigenvalue weighted by Crippen LogP contribution is -2.31. The monoisotopic (exact) mass is 235 g/mol. The van der Waals surface area contributed by atoms with Gasteiger partial charge in [0.05, 0.1) is 11.5 Å². The summed E-state index contributed by atoms with van der Waals surface area (Å²) in [6, 6.07) is 5.99. The first-order valence-corrected chi connectivity index (χ1v) is 5.03. The van der Waals surface area contributed by atoms with Crippen LogP contribution in [-0.2, 0) is 0 Å². The van der Waals surface area contributed by atoms with Crippen LogP contribution in [0.3, 0.4) is 0 Å². The van der Waals surface area contributed by atoms with Crippen molar-refractivity contribution in [3.8, 4) is 6.07 Å². The first-order valence-electron chi connectivity index (χ1n) is 5.03. The Kier molecular flexibility index (Phi) is 4.01. The van der Waals surface area contributed by atoms with Gasteiger partial charge in [0.1, 0.15) is 11.6 Å². The van der Waals surface area contributed by atoms with E-state index in [-0.39, 0.29) is 23.9 Å². The number of rotatable bonds is 4. The third kappa shape index (κ3) is 2.71. The molecule has 0 radical (unpaired) electrons. The van der Waals surface area contributed by atoms with Crippen LogP contribution < -0.4 is 4.90 Å². The molecule has 1 aromatic rings. The zero-order valence-electron chi connectivity index (χ0n) is 9.62. The summed E-state index contributed by atoms with van der Waals surface area (Å²) < 4.78 is 0. The Labute approximate surface area is 98.9 Å². The maximum Gasteiger partial charge on any atom is 0.287 e. The Bertz CT molecular complexity index is 468. The molecule has 0 bridgehead atoms. The highest BCUT2D eigenvalue weighted by Gasteiger charge is 2.16. The van der Waals surface area contributed by atoms with Gasteiger partial charge in [-0.2, -0.15) is 5.26 Å². The van der Waals surface area contributed by atoms with E-state index in [4.69, 9.17) is 10.4 Å². The summed E-state index contributed by atoms with van der Waals surface area (Å²) >= 11 is 0. The lowest BCUT2D eigenvalue weighted by Gasteiger charge is -2.25. The zero-order valence-corrected chi connectivity index (χ0v) is 9.62. The van der Waals surface area contributed by atoms with Crippen molar-refractivity contribution >= 4 is 11.4 Å². The van der Waals surface area contributed by atoms with E-state index < -0.39 is 4.92 Å². The molecule has 1 N–H and O–H groups in total. The Balaban J connectivity index is 3.15. The molecule has 0 aliphatic rings. The van der Waals surface area contributed by atoms with Crippen molar-refractivity contribution in [1.29, 1.82) is 5.26 Å². The van der Waals surface area contributed by atoms with E-state index in [0.717, 1.165) is 0 Å². The van der Waals surface area contributed by atoms with Crippen molar-refractivity contribution in [2.75, 3.05) is 18.6 Å². The highest BCUT2D eigenvalue weighted by atomic mass is 16.6. The number of hydrogen-bond acceptors (Lipinski definition) is 5. The first-order chi connectivity index (χ1) is 8.01. The minimum atomic E-state index is -0.586. The molecule has 0 aromatic heterocycles. The van der Waals surface area contributed by atoms with Crippen LogP contribution in [-0.4, -0.2) is 29.7 Å². The number of nitrogens with zero attached hydrogens (tertiary/aromatic N) is 3. The molecule has 0 saturated heterocycles. The first kappa shape index (κ1) is 12.9. The fourth-order valence-electron chi connectivity index (χ4n) is 1.37. The standard InChI is InChI=1S/C11H13N3O3/c1-8(7-15)13(2)10-3-4-11(14(16)17)9(5-10)6-12/h3-5,8,15H,7H2,1-2H3. The number of nitro groups is 1. The van der Waals surface area contributed by atoms with Crippen molar-refractivity contribution in [1.82, 2.24) is 0 Å². The highest BCUT2D eigenvalue weighted by molar-refractivity contribution is 5.59. The van der Waals surface area contributed by atoms with Crippen LogP contribution in [0.15, 0.2) is 18.2 Å². The number of aliphatic hydroxyl groups is 1. The van der Waals surface area contributed by atoms with Crippen molar-refractivity contribution in [3.05, 3.63) is 33.9 Å². The van der Waals surface area contributed by atoms with E-state index in [1.54, 1.807) is 24.1 Å². The van der Waals surface area contributed by atoms with Gasteiger partial charge in [0.25, 0.3) is 5.69 Å². The predicted octanol–water partition coefficient (Wildman–Crippen LogP) is 1.28. The molecule has 17 heavy (non-hydrogen) atoms.